The van der Waals surface area contributed by atoms with Crippen molar-refractivity contribution < 1.29 is 5.11 Å². The van der Waals surface area contributed by atoms with Gasteiger partial charge in [-0.25, -0.2) is 0 Å². The second-order valence-electron chi connectivity index (χ2n) is 2.44. The van der Waals surface area contributed by atoms with Gasteiger partial charge in [-0.2, -0.15) is 0 Å². The van der Waals surface area contributed by atoms with Crippen molar-refractivity contribution in [2.45, 2.75) is 25.6 Å². The predicted octanol–water partition coefficient (Wildman–Crippen LogP) is 0.916. The maximum Gasteiger partial charge on any atom is 0.213 e. The quantitative estimate of drug-likeness (QED) is 0.560. The standard InChI is InChI=1S/C4H8N4O/c1-4(2,9)3-5-7-8-6-3/h3,9H,1-2H3. The summed E-state index contributed by atoms with van der Waals surface area (Å²) in [6.45, 7) is 3.22. The first-order valence-corrected chi connectivity index (χ1v) is 2.63. The molecule has 0 spiro atoms. The van der Waals surface area contributed by atoms with Gasteiger partial charge < -0.3 is 5.11 Å². The number of hydrogen-bond donors (Lipinski definition) is 1. The zero-order valence-corrected chi connectivity index (χ0v) is 5.31. The van der Waals surface area contributed by atoms with E-state index in [4.69, 9.17) is 0 Å². The summed E-state index contributed by atoms with van der Waals surface area (Å²) in [6, 6.07) is 0. The Morgan fingerprint density at radius 3 is 1.89 bits per heavy atom. The van der Waals surface area contributed by atoms with Gasteiger partial charge >= 0.3 is 0 Å². The van der Waals surface area contributed by atoms with E-state index < -0.39 is 11.8 Å². The van der Waals surface area contributed by atoms with Crippen LogP contribution in [-0.2, 0) is 0 Å². The van der Waals surface area contributed by atoms with Crippen molar-refractivity contribution in [3.05, 3.63) is 0 Å². The molecule has 0 unspecified atom stereocenters. The molecule has 0 amide bonds. The summed E-state index contributed by atoms with van der Waals surface area (Å²) in [6.07, 6.45) is -0.516. The molecule has 1 rings (SSSR count). The van der Waals surface area contributed by atoms with Crippen LogP contribution < -0.4 is 0 Å². The zero-order valence-electron chi connectivity index (χ0n) is 5.31. The molecule has 9 heavy (non-hydrogen) atoms. The lowest BCUT2D eigenvalue weighted by Crippen LogP contribution is -2.31. The second kappa shape index (κ2) is 1.84. The van der Waals surface area contributed by atoms with E-state index >= 15 is 0 Å². The third kappa shape index (κ3) is 1.29. The Balaban J connectivity index is 2.64. The van der Waals surface area contributed by atoms with Crippen LogP contribution in [0.15, 0.2) is 20.7 Å². The van der Waals surface area contributed by atoms with E-state index in [0.29, 0.717) is 0 Å². The van der Waals surface area contributed by atoms with Gasteiger partial charge in [-0.3, -0.25) is 0 Å². The maximum atomic E-state index is 9.21. The Labute approximate surface area is 52.5 Å². The van der Waals surface area contributed by atoms with Gasteiger partial charge in [0.25, 0.3) is 0 Å². The van der Waals surface area contributed by atoms with E-state index in [-0.39, 0.29) is 0 Å². The highest BCUT2D eigenvalue weighted by Crippen LogP contribution is 2.17. The van der Waals surface area contributed by atoms with Crippen LogP contribution in [0.4, 0.5) is 0 Å². The van der Waals surface area contributed by atoms with E-state index in [1.807, 2.05) is 0 Å². The first-order chi connectivity index (χ1) is 4.11. The van der Waals surface area contributed by atoms with Crippen molar-refractivity contribution in [2.24, 2.45) is 20.7 Å². The van der Waals surface area contributed by atoms with Crippen LogP contribution in [0.5, 0.6) is 0 Å². The van der Waals surface area contributed by atoms with Crippen LogP contribution in [-0.4, -0.2) is 16.9 Å². The lowest BCUT2D eigenvalue weighted by molar-refractivity contribution is 0.0549. The van der Waals surface area contributed by atoms with E-state index in [1.54, 1.807) is 13.8 Å². The van der Waals surface area contributed by atoms with Crippen molar-refractivity contribution in [3.8, 4) is 0 Å². The topological polar surface area (TPSA) is 69.7 Å². The van der Waals surface area contributed by atoms with Crippen LogP contribution in [0, 0.1) is 0 Å². The zero-order chi connectivity index (χ0) is 6.91. The van der Waals surface area contributed by atoms with E-state index in [2.05, 4.69) is 20.7 Å². The number of hydrogen-bond acceptors (Lipinski definition) is 5. The fraction of sp³-hybridized carbons (Fsp3) is 1.00. The monoisotopic (exact) mass is 128 g/mol. The molecule has 0 saturated carbocycles. The summed E-state index contributed by atoms with van der Waals surface area (Å²) in [7, 11) is 0. The highest BCUT2D eigenvalue weighted by molar-refractivity contribution is 4.80. The van der Waals surface area contributed by atoms with Crippen LogP contribution in [0.3, 0.4) is 0 Å². The van der Waals surface area contributed by atoms with Gasteiger partial charge in [0.05, 0.1) is 0 Å². The van der Waals surface area contributed by atoms with Gasteiger partial charge in [0, 0.05) is 0 Å². The Bertz CT molecular complexity index is 144. The summed E-state index contributed by atoms with van der Waals surface area (Å²) in [5.41, 5.74) is -0.941. The maximum absolute atomic E-state index is 9.21. The minimum absolute atomic E-state index is 0.516. The third-order valence-electron chi connectivity index (χ3n) is 0.994. The average Bonchev–Trinajstić information content (AvgIpc) is 2.08. The Kier molecular flexibility index (Phi) is 1.28. The average molecular weight is 128 g/mol. The van der Waals surface area contributed by atoms with Gasteiger partial charge in [-0.1, -0.05) is 0 Å². The molecule has 0 atom stereocenters. The van der Waals surface area contributed by atoms with Gasteiger partial charge in [0.1, 0.15) is 5.60 Å². The molecular weight excluding hydrogens is 120 g/mol. The molecule has 0 aromatic heterocycles. The molecule has 5 nitrogen and oxygen atoms in total. The smallest absolute Gasteiger partial charge is 0.213 e. The van der Waals surface area contributed by atoms with Crippen molar-refractivity contribution in [3.63, 3.8) is 0 Å². The molecule has 0 aromatic carbocycles. The summed E-state index contributed by atoms with van der Waals surface area (Å²) >= 11 is 0. The predicted molar refractivity (Wildman–Crippen MR) is 29.8 cm³/mol. The molecular formula is C4H8N4O. The molecule has 0 bridgehead atoms. The molecule has 0 radical (unpaired) electrons. The van der Waals surface area contributed by atoms with Crippen LogP contribution in [0.1, 0.15) is 13.8 Å². The second-order valence-corrected chi connectivity index (χ2v) is 2.44. The van der Waals surface area contributed by atoms with E-state index in [9.17, 15) is 5.11 Å². The lowest BCUT2D eigenvalue weighted by atomic mass is 10.1. The van der Waals surface area contributed by atoms with Gasteiger partial charge in [-0.05, 0) is 24.3 Å². The molecule has 0 fully saturated rings. The molecule has 1 heterocycles. The number of aliphatic hydroxyl groups is 1. The molecule has 50 valence electrons. The first-order valence-electron chi connectivity index (χ1n) is 2.63. The largest absolute Gasteiger partial charge is 0.386 e. The van der Waals surface area contributed by atoms with Gasteiger partial charge in [-0.15, -0.1) is 10.2 Å². The van der Waals surface area contributed by atoms with Crippen molar-refractivity contribution in [1.82, 2.24) is 0 Å². The summed E-state index contributed by atoms with van der Waals surface area (Å²) in [4.78, 5) is 0. The fourth-order valence-electron chi connectivity index (χ4n) is 0.450. The highest BCUT2D eigenvalue weighted by atomic mass is 16.3. The van der Waals surface area contributed by atoms with Crippen molar-refractivity contribution >= 4 is 0 Å². The van der Waals surface area contributed by atoms with E-state index in [1.165, 1.54) is 0 Å². The summed E-state index contributed by atoms with van der Waals surface area (Å²) in [5, 5.41) is 22.8. The summed E-state index contributed by atoms with van der Waals surface area (Å²) < 4.78 is 0. The molecule has 1 aliphatic rings. The first kappa shape index (κ1) is 6.28. The molecule has 5 heteroatoms. The SMILES string of the molecule is CC(C)(O)C1N=NN=N1. The molecule has 1 aliphatic heterocycles. The lowest BCUT2D eigenvalue weighted by Gasteiger charge is -2.16. The van der Waals surface area contributed by atoms with Crippen LogP contribution >= 0.6 is 0 Å². The molecule has 1 N–H and O–H groups in total. The molecule has 0 saturated heterocycles. The molecule has 0 aliphatic carbocycles. The number of rotatable bonds is 1. The summed E-state index contributed by atoms with van der Waals surface area (Å²) in [5.74, 6) is 0. The third-order valence-corrected chi connectivity index (χ3v) is 0.994. The van der Waals surface area contributed by atoms with Gasteiger partial charge in [0.2, 0.25) is 6.17 Å². The highest BCUT2D eigenvalue weighted by Gasteiger charge is 2.28. The van der Waals surface area contributed by atoms with Crippen LogP contribution in [0.2, 0.25) is 0 Å². The fourth-order valence-corrected chi connectivity index (χ4v) is 0.450. The minimum atomic E-state index is -0.941. The van der Waals surface area contributed by atoms with Crippen LogP contribution in [0.25, 0.3) is 0 Å². The number of nitrogens with zero attached hydrogens (tertiary/aromatic N) is 4. The van der Waals surface area contributed by atoms with E-state index in [0.717, 1.165) is 0 Å². The normalized spacial score (nSPS) is 19.4. The van der Waals surface area contributed by atoms with Gasteiger partial charge in [0.15, 0.2) is 0 Å². The Morgan fingerprint density at radius 1 is 1.22 bits per heavy atom. The Morgan fingerprint density at radius 2 is 1.67 bits per heavy atom. The Hall–Kier alpha value is -0.840. The minimum Gasteiger partial charge on any atom is -0.386 e. The molecule has 0 aromatic rings. The van der Waals surface area contributed by atoms with Crippen molar-refractivity contribution in [1.29, 1.82) is 0 Å². The van der Waals surface area contributed by atoms with Crippen molar-refractivity contribution in [2.75, 3.05) is 0 Å².